The summed E-state index contributed by atoms with van der Waals surface area (Å²) in [5.41, 5.74) is 1.43. The molecule has 0 unspecified atom stereocenters. The van der Waals surface area contributed by atoms with Crippen LogP contribution < -0.4 is 5.56 Å². The van der Waals surface area contributed by atoms with Crippen LogP contribution in [-0.2, 0) is 6.54 Å². The summed E-state index contributed by atoms with van der Waals surface area (Å²) in [6, 6.07) is 18.8. The number of imidazole rings is 1. The highest BCUT2D eigenvalue weighted by molar-refractivity contribution is 5.81. The van der Waals surface area contributed by atoms with Gasteiger partial charge in [-0.1, -0.05) is 48.5 Å². The largest absolute Gasteiger partial charge is 0.380 e. The number of fused-ring (bicyclic) bond motifs is 1. The number of aromatic amines is 1. The maximum atomic E-state index is 12.2. The summed E-state index contributed by atoms with van der Waals surface area (Å²) < 4.78 is 1.84. The van der Waals surface area contributed by atoms with Gasteiger partial charge in [0.2, 0.25) is 0 Å². The van der Waals surface area contributed by atoms with Crippen LogP contribution in [0.3, 0.4) is 0 Å². The Bertz CT molecular complexity index is 1070. The Morgan fingerprint density at radius 2 is 1.84 bits per heavy atom. The molecule has 25 heavy (non-hydrogen) atoms. The third kappa shape index (κ3) is 2.97. The quantitative estimate of drug-likeness (QED) is 0.604. The zero-order chi connectivity index (χ0) is 17.2. The van der Waals surface area contributed by atoms with E-state index in [0.717, 1.165) is 16.6 Å². The lowest BCUT2D eigenvalue weighted by Crippen LogP contribution is -2.15. The lowest BCUT2D eigenvalue weighted by atomic mass is 10.1. The maximum Gasteiger partial charge on any atom is 0.256 e. The molecule has 0 aliphatic heterocycles. The summed E-state index contributed by atoms with van der Waals surface area (Å²) >= 11 is 0. The average molecular weight is 331 g/mol. The minimum atomic E-state index is -0.816. The smallest absolute Gasteiger partial charge is 0.256 e. The first-order valence-corrected chi connectivity index (χ1v) is 8.07. The van der Waals surface area contributed by atoms with Crippen molar-refractivity contribution in [3.8, 4) is 0 Å². The number of nitrogens with zero attached hydrogens (tertiary/aromatic N) is 2. The van der Waals surface area contributed by atoms with Gasteiger partial charge in [-0.15, -0.1) is 0 Å². The lowest BCUT2D eigenvalue weighted by Gasteiger charge is -2.14. The molecule has 0 aliphatic rings. The monoisotopic (exact) mass is 331 g/mol. The second kappa shape index (κ2) is 6.37. The molecule has 0 saturated carbocycles. The highest BCUT2D eigenvalue weighted by Gasteiger charge is 2.16. The molecule has 0 spiro atoms. The Hall–Kier alpha value is -3.18. The van der Waals surface area contributed by atoms with Crippen molar-refractivity contribution in [2.24, 2.45) is 0 Å². The van der Waals surface area contributed by atoms with E-state index in [0.29, 0.717) is 17.8 Å². The van der Waals surface area contributed by atoms with Crippen molar-refractivity contribution in [2.75, 3.05) is 0 Å². The van der Waals surface area contributed by atoms with Crippen LogP contribution in [0, 0.1) is 0 Å². The fourth-order valence-corrected chi connectivity index (χ4v) is 3.02. The summed E-state index contributed by atoms with van der Waals surface area (Å²) in [6.45, 7) is 0.430. The van der Waals surface area contributed by atoms with Crippen molar-refractivity contribution in [1.29, 1.82) is 0 Å². The van der Waals surface area contributed by atoms with Crippen molar-refractivity contribution >= 4 is 10.8 Å². The van der Waals surface area contributed by atoms with Gasteiger partial charge < -0.3 is 14.7 Å². The number of H-pyrrole nitrogens is 1. The molecule has 2 N–H and O–H groups in total. The molecule has 0 bridgehead atoms. The second-order valence-electron chi connectivity index (χ2n) is 5.94. The van der Waals surface area contributed by atoms with Crippen LogP contribution in [0.2, 0.25) is 0 Å². The van der Waals surface area contributed by atoms with Crippen LogP contribution >= 0.6 is 0 Å². The topological polar surface area (TPSA) is 70.9 Å². The van der Waals surface area contributed by atoms with E-state index in [9.17, 15) is 9.90 Å². The molecule has 5 heteroatoms. The van der Waals surface area contributed by atoms with Gasteiger partial charge in [0, 0.05) is 23.5 Å². The summed E-state index contributed by atoms with van der Waals surface area (Å²) in [7, 11) is 0. The molecule has 4 rings (SSSR count). The van der Waals surface area contributed by atoms with Crippen molar-refractivity contribution < 1.29 is 5.11 Å². The molecule has 0 fully saturated rings. The zero-order valence-electron chi connectivity index (χ0n) is 13.5. The minimum absolute atomic E-state index is 0.113. The molecule has 2 aromatic carbocycles. The number of nitrogens with one attached hydrogen (secondary N) is 1. The number of rotatable bonds is 4. The molecule has 1 atom stereocenters. The number of aromatic nitrogens is 3. The molecule has 2 heterocycles. The van der Waals surface area contributed by atoms with Crippen LogP contribution in [0.15, 0.2) is 77.9 Å². The first-order chi connectivity index (χ1) is 12.2. The van der Waals surface area contributed by atoms with E-state index in [1.54, 1.807) is 18.5 Å². The maximum absolute atomic E-state index is 12.2. The lowest BCUT2D eigenvalue weighted by molar-refractivity contribution is 0.205. The van der Waals surface area contributed by atoms with E-state index in [1.807, 2.05) is 59.2 Å². The number of hydrogen-bond acceptors (Lipinski definition) is 3. The third-order valence-corrected chi connectivity index (χ3v) is 4.26. The van der Waals surface area contributed by atoms with Gasteiger partial charge in [0.25, 0.3) is 5.56 Å². The second-order valence-corrected chi connectivity index (χ2v) is 5.94. The van der Waals surface area contributed by atoms with E-state index < -0.39 is 6.10 Å². The first-order valence-electron chi connectivity index (χ1n) is 8.07. The fraction of sp³-hybridized carbons (Fsp3) is 0.100. The first kappa shape index (κ1) is 15.4. The molecule has 0 saturated heterocycles. The van der Waals surface area contributed by atoms with Gasteiger partial charge in [0.1, 0.15) is 11.9 Å². The summed E-state index contributed by atoms with van der Waals surface area (Å²) in [5, 5.41) is 12.2. The predicted molar refractivity (Wildman–Crippen MR) is 96.4 cm³/mol. The van der Waals surface area contributed by atoms with Gasteiger partial charge in [-0.3, -0.25) is 4.79 Å². The van der Waals surface area contributed by atoms with Crippen LogP contribution in [0.4, 0.5) is 0 Å². The standard InChI is InChI=1S/C20H17N3O2/c24-18(14-6-2-1-3-7-14)19-21-10-11-23(19)13-16-12-15-8-4-5-9-17(15)20(25)22-16/h1-12,18,24H,13H2,(H,22,25)/t18-/m0/s1. The zero-order valence-corrected chi connectivity index (χ0v) is 13.5. The van der Waals surface area contributed by atoms with Gasteiger partial charge in [-0.2, -0.15) is 0 Å². The molecular weight excluding hydrogens is 314 g/mol. The minimum Gasteiger partial charge on any atom is -0.380 e. The van der Waals surface area contributed by atoms with E-state index >= 15 is 0 Å². The van der Waals surface area contributed by atoms with Crippen LogP contribution in [0.1, 0.15) is 23.2 Å². The highest BCUT2D eigenvalue weighted by atomic mass is 16.3. The Balaban J connectivity index is 1.69. The van der Waals surface area contributed by atoms with Crippen LogP contribution in [0.5, 0.6) is 0 Å². The number of aliphatic hydroxyl groups excluding tert-OH is 1. The Morgan fingerprint density at radius 1 is 1.08 bits per heavy atom. The van der Waals surface area contributed by atoms with Crippen LogP contribution in [0.25, 0.3) is 10.8 Å². The van der Waals surface area contributed by atoms with E-state index in [-0.39, 0.29) is 5.56 Å². The van der Waals surface area contributed by atoms with Gasteiger partial charge >= 0.3 is 0 Å². The van der Waals surface area contributed by atoms with Gasteiger partial charge in [0.05, 0.1) is 6.54 Å². The molecule has 0 aliphatic carbocycles. The number of aliphatic hydroxyl groups is 1. The van der Waals surface area contributed by atoms with Crippen molar-refractivity contribution in [3.63, 3.8) is 0 Å². The summed E-state index contributed by atoms with van der Waals surface area (Å²) in [6.07, 6.45) is 2.64. The van der Waals surface area contributed by atoms with Gasteiger partial charge in [-0.25, -0.2) is 4.98 Å². The van der Waals surface area contributed by atoms with Crippen molar-refractivity contribution in [2.45, 2.75) is 12.6 Å². The van der Waals surface area contributed by atoms with Crippen molar-refractivity contribution in [3.05, 3.63) is 100 Å². The molecule has 124 valence electrons. The Kier molecular flexibility index (Phi) is 3.91. The average Bonchev–Trinajstić information content (AvgIpc) is 3.10. The van der Waals surface area contributed by atoms with E-state index in [1.165, 1.54) is 0 Å². The molecule has 2 aromatic heterocycles. The number of benzene rings is 2. The summed E-state index contributed by atoms with van der Waals surface area (Å²) in [5.74, 6) is 0.542. The van der Waals surface area contributed by atoms with E-state index in [4.69, 9.17) is 0 Å². The highest BCUT2D eigenvalue weighted by Crippen LogP contribution is 2.21. The SMILES string of the molecule is O=c1[nH]c(Cn2ccnc2[C@@H](O)c2ccccc2)cc2ccccc12. The van der Waals surface area contributed by atoms with Crippen molar-refractivity contribution in [1.82, 2.24) is 14.5 Å². The molecular formula is C20H17N3O2. The normalized spacial score (nSPS) is 12.4. The molecule has 4 aromatic rings. The summed E-state index contributed by atoms with van der Waals surface area (Å²) in [4.78, 5) is 19.4. The van der Waals surface area contributed by atoms with Gasteiger partial charge in [-0.05, 0) is 23.1 Å². The number of pyridine rings is 1. The molecule has 5 nitrogen and oxygen atoms in total. The predicted octanol–water partition coefficient (Wildman–Crippen LogP) is 2.85. The number of hydrogen-bond donors (Lipinski definition) is 2. The van der Waals surface area contributed by atoms with Gasteiger partial charge in [0.15, 0.2) is 0 Å². The molecule has 0 radical (unpaired) electrons. The van der Waals surface area contributed by atoms with Crippen LogP contribution in [-0.4, -0.2) is 19.6 Å². The Labute approximate surface area is 144 Å². The Morgan fingerprint density at radius 3 is 2.68 bits per heavy atom. The fourth-order valence-electron chi connectivity index (χ4n) is 3.02. The third-order valence-electron chi connectivity index (χ3n) is 4.26. The molecule has 0 amide bonds. The van der Waals surface area contributed by atoms with E-state index in [2.05, 4.69) is 9.97 Å².